The molecule has 0 spiro atoms. The summed E-state index contributed by atoms with van der Waals surface area (Å²) < 4.78 is 0. The van der Waals surface area contributed by atoms with Crippen molar-refractivity contribution in [2.75, 3.05) is 0 Å². The minimum atomic E-state index is 0.525. The highest BCUT2D eigenvalue weighted by atomic mass is 32.1. The Morgan fingerprint density at radius 2 is 1.89 bits per heavy atom. The van der Waals surface area contributed by atoms with Gasteiger partial charge in [0.15, 0.2) is 0 Å². The summed E-state index contributed by atoms with van der Waals surface area (Å²) >= 11 is 1.78. The molecule has 1 aromatic heterocycles. The van der Waals surface area contributed by atoms with Crippen molar-refractivity contribution in [1.29, 1.82) is 0 Å². The third-order valence-electron chi connectivity index (χ3n) is 3.26. The zero-order valence-corrected chi connectivity index (χ0v) is 12.4. The Morgan fingerprint density at radius 3 is 2.56 bits per heavy atom. The molecule has 0 aliphatic heterocycles. The van der Waals surface area contributed by atoms with E-state index in [1.165, 1.54) is 27.8 Å². The van der Waals surface area contributed by atoms with E-state index in [2.05, 4.69) is 62.0 Å². The highest BCUT2D eigenvalue weighted by molar-refractivity contribution is 7.08. The molecule has 0 aliphatic carbocycles. The van der Waals surface area contributed by atoms with Gasteiger partial charge < -0.3 is 5.32 Å². The molecule has 1 N–H and O–H groups in total. The minimum Gasteiger partial charge on any atom is -0.310 e. The Labute approximate surface area is 114 Å². The van der Waals surface area contributed by atoms with Crippen LogP contribution in [0, 0.1) is 13.8 Å². The molecule has 1 heterocycles. The van der Waals surface area contributed by atoms with Crippen molar-refractivity contribution < 1.29 is 0 Å². The van der Waals surface area contributed by atoms with E-state index >= 15 is 0 Å². The van der Waals surface area contributed by atoms with E-state index in [-0.39, 0.29) is 0 Å². The van der Waals surface area contributed by atoms with Crippen LogP contribution in [0.4, 0.5) is 0 Å². The summed E-state index contributed by atoms with van der Waals surface area (Å²) in [6.07, 6.45) is 0. The fourth-order valence-corrected chi connectivity index (χ4v) is 2.80. The van der Waals surface area contributed by atoms with E-state index in [4.69, 9.17) is 0 Å². The monoisotopic (exact) mass is 259 g/mol. The second-order valence-corrected chi connectivity index (χ2v) is 5.89. The van der Waals surface area contributed by atoms with Gasteiger partial charge >= 0.3 is 0 Å². The van der Waals surface area contributed by atoms with Crippen molar-refractivity contribution in [3.8, 4) is 11.1 Å². The third-order valence-corrected chi connectivity index (χ3v) is 4.05. The molecular weight excluding hydrogens is 238 g/mol. The highest BCUT2D eigenvalue weighted by Gasteiger charge is 2.07. The van der Waals surface area contributed by atoms with E-state index in [1.54, 1.807) is 11.3 Å². The van der Waals surface area contributed by atoms with Gasteiger partial charge in [0.25, 0.3) is 0 Å². The average molecular weight is 259 g/mol. The number of hydrogen-bond donors (Lipinski definition) is 1. The van der Waals surface area contributed by atoms with Crippen LogP contribution in [-0.2, 0) is 6.54 Å². The molecule has 1 aromatic carbocycles. The first-order chi connectivity index (χ1) is 8.58. The molecule has 0 aliphatic rings. The van der Waals surface area contributed by atoms with Crippen molar-refractivity contribution in [2.45, 2.75) is 40.3 Å². The molecule has 2 aromatic rings. The van der Waals surface area contributed by atoms with Gasteiger partial charge in [0, 0.05) is 12.6 Å². The van der Waals surface area contributed by atoms with Gasteiger partial charge in [-0.15, -0.1) is 0 Å². The minimum absolute atomic E-state index is 0.525. The predicted octanol–water partition coefficient (Wildman–Crippen LogP) is 4.53. The van der Waals surface area contributed by atoms with Crippen LogP contribution in [0.25, 0.3) is 11.1 Å². The first-order valence-corrected chi connectivity index (χ1v) is 7.38. The van der Waals surface area contributed by atoms with Gasteiger partial charge in [-0.1, -0.05) is 32.0 Å². The molecule has 0 radical (unpaired) electrons. The number of rotatable bonds is 4. The van der Waals surface area contributed by atoms with E-state index in [0.717, 1.165) is 6.54 Å². The molecule has 0 fully saturated rings. The van der Waals surface area contributed by atoms with E-state index in [9.17, 15) is 0 Å². The van der Waals surface area contributed by atoms with Crippen molar-refractivity contribution >= 4 is 11.3 Å². The topological polar surface area (TPSA) is 12.0 Å². The lowest BCUT2D eigenvalue weighted by atomic mass is 10.00. The molecule has 0 bridgehead atoms. The SMILES string of the molecule is Cc1ccc(-c2cscc2CNC(C)C)cc1C. The Kier molecular flexibility index (Phi) is 4.20. The van der Waals surface area contributed by atoms with Crippen LogP contribution in [0.3, 0.4) is 0 Å². The van der Waals surface area contributed by atoms with Gasteiger partial charge in [-0.25, -0.2) is 0 Å². The number of benzene rings is 1. The molecule has 1 nitrogen and oxygen atoms in total. The molecule has 0 saturated carbocycles. The maximum Gasteiger partial charge on any atom is 0.0222 e. The van der Waals surface area contributed by atoms with Crippen LogP contribution >= 0.6 is 11.3 Å². The highest BCUT2D eigenvalue weighted by Crippen LogP contribution is 2.28. The van der Waals surface area contributed by atoms with Crippen LogP contribution in [0.1, 0.15) is 30.5 Å². The van der Waals surface area contributed by atoms with E-state index in [0.29, 0.717) is 6.04 Å². The normalized spacial score (nSPS) is 11.2. The summed E-state index contributed by atoms with van der Waals surface area (Å²) in [6.45, 7) is 9.65. The summed E-state index contributed by atoms with van der Waals surface area (Å²) in [5.74, 6) is 0. The molecule has 0 saturated heterocycles. The van der Waals surface area contributed by atoms with Gasteiger partial charge in [0.05, 0.1) is 0 Å². The van der Waals surface area contributed by atoms with Gasteiger partial charge in [-0.05, 0) is 52.4 Å². The fourth-order valence-electron chi connectivity index (χ4n) is 1.94. The molecule has 0 unspecified atom stereocenters. The second-order valence-electron chi connectivity index (χ2n) is 5.15. The molecule has 2 rings (SSSR count). The van der Waals surface area contributed by atoms with Crippen LogP contribution in [-0.4, -0.2) is 6.04 Å². The zero-order chi connectivity index (χ0) is 13.1. The largest absolute Gasteiger partial charge is 0.310 e. The molecule has 0 amide bonds. The summed E-state index contributed by atoms with van der Waals surface area (Å²) in [7, 11) is 0. The number of aryl methyl sites for hydroxylation is 2. The maximum absolute atomic E-state index is 3.49. The van der Waals surface area contributed by atoms with Crippen molar-refractivity contribution in [2.24, 2.45) is 0 Å². The molecule has 96 valence electrons. The molecule has 18 heavy (non-hydrogen) atoms. The average Bonchev–Trinajstić information content (AvgIpc) is 2.78. The Hall–Kier alpha value is -1.12. The first-order valence-electron chi connectivity index (χ1n) is 6.44. The quantitative estimate of drug-likeness (QED) is 0.850. The summed E-state index contributed by atoms with van der Waals surface area (Å²) in [5, 5.41) is 7.99. The van der Waals surface area contributed by atoms with Crippen LogP contribution in [0.2, 0.25) is 0 Å². The number of nitrogens with one attached hydrogen (secondary N) is 1. The Balaban J connectivity index is 2.27. The van der Waals surface area contributed by atoms with Crippen LogP contribution < -0.4 is 5.32 Å². The van der Waals surface area contributed by atoms with Crippen molar-refractivity contribution in [3.05, 3.63) is 45.6 Å². The van der Waals surface area contributed by atoms with Gasteiger partial charge in [0.2, 0.25) is 0 Å². The smallest absolute Gasteiger partial charge is 0.0222 e. The third kappa shape index (κ3) is 3.01. The molecule has 0 atom stereocenters. The molecular formula is C16H21NS. The van der Waals surface area contributed by atoms with Gasteiger partial charge in [-0.3, -0.25) is 0 Å². The number of hydrogen-bond acceptors (Lipinski definition) is 2. The predicted molar refractivity (Wildman–Crippen MR) is 81.2 cm³/mol. The van der Waals surface area contributed by atoms with Crippen molar-refractivity contribution in [1.82, 2.24) is 5.32 Å². The second kappa shape index (κ2) is 5.68. The first kappa shape index (κ1) is 13.3. The Bertz CT molecular complexity index is 526. The summed E-state index contributed by atoms with van der Waals surface area (Å²) in [6, 6.07) is 7.25. The standard InChI is InChI=1S/C16H21NS/c1-11(2)17-8-15-9-18-10-16(15)14-6-5-12(3)13(4)7-14/h5-7,9-11,17H,8H2,1-4H3. The molecule has 2 heteroatoms. The van der Waals surface area contributed by atoms with Crippen LogP contribution in [0.5, 0.6) is 0 Å². The Morgan fingerprint density at radius 1 is 1.11 bits per heavy atom. The van der Waals surface area contributed by atoms with Crippen LogP contribution in [0.15, 0.2) is 29.0 Å². The van der Waals surface area contributed by atoms with E-state index < -0.39 is 0 Å². The summed E-state index contributed by atoms with van der Waals surface area (Å²) in [5.41, 5.74) is 6.82. The van der Waals surface area contributed by atoms with E-state index in [1.807, 2.05) is 0 Å². The zero-order valence-electron chi connectivity index (χ0n) is 11.6. The summed E-state index contributed by atoms with van der Waals surface area (Å²) in [4.78, 5) is 0. The van der Waals surface area contributed by atoms with Gasteiger partial charge in [-0.2, -0.15) is 11.3 Å². The van der Waals surface area contributed by atoms with Gasteiger partial charge in [0.1, 0.15) is 0 Å². The number of thiophene rings is 1. The fraction of sp³-hybridized carbons (Fsp3) is 0.375. The van der Waals surface area contributed by atoms with Crippen molar-refractivity contribution in [3.63, 3.8) is 0 Å². The lowest BCUT2D eigenvalue weighted by Crippen LogP contribution is -2.21. The maximum atomic E-state index is 3.49. The lowest BCUT2D eigenvalue weighted by Gasteiger charge is -2.10. The lowest BCUT2D eigenvalue weighted by molar-refractivity contribution is 0.590.